The van der Waals surface area contributed by atoms with Crippen LogP contribution in [0.2, 0.25) is 0 Å². The van der Waals surface area contributed by atoms with E-state index in [0.29, 0.717) is 11.1 Å². The lowest BCUT2D eigenvalue weighted by Crippen LogP contribution is -2.51. The quantitative estimate of drug-likeness (QED) is 0.402. The van der Waals surface area contributed by atoms with Gasteiger partial charge in [-0.2, -0.15) is 0 Å². The minimum Gasteiger partial charge on any atom is -0.331 e. The second-order valence-electron chi connectivity index (χ2n) is 12.2. The Kier molecular flexibility index (Phi) is 6.18. The van der Waals surface area contributed by atoms with Gasteiger partial charge in [-0.3, -0.25) is 0 Å². The highest BCUT2D eigenvalue weighted by Crippen LogP contribution is 2.59. The molecule has 2 heterocycles. The predicted molar refractivity (Wildman–Crippen MR) is 137 cm³/mol. The maximum atomic E-state index is 4.24. The lowest BCUT2D eigenvalue weighted by Gasteiger charge is -2.57. The molecule has 0 aliphatic heterocycles. The van der Waals surface area contributed by atoms with Crippen molar-refractivity contribution in [1.29, 1.82) is 0 Å². The molecular formula is C26H38Br2N4. The molecule has 2 aromatic heterocycles. The van der Waals surface area contributed by atoms with Crippen molar-refractivity contribution in [2.45, 2.75) is 88.1 Å². The summed E-state index contributed by atoms with van der Waals surface area (Å²) in [5.41, 5.74) is 0.955. The third-order valence-corrected chi connectivity index (χ3v) is 10.1. The van der Waals surface area contributed by atoms with E-state index in [2.05, 4.69) is 31.5 Å². The summed E-state index contributed by atoms with van der Waals surface area (Å²) in [4.78, 5) is 8.48. The maximum Gasteiger partial charge on any atom is 0.0951 e. The molecular weight excluding hydrogens is 528 g/mol. The minimum atomic E-state index is 0. The van der Waals surface area contributed by atoms with Crippen molar-refractivity contribution in [3.63, 3.8) is 0 Å². The standard InChI is InChI=1S/2C13H18N2.2BrH/c2*1-2-15(9-14-1)13-6-10-3-11(7-13)5-12(4-10)8-13;;/h2*1-2,9-12H,3-8H2;2*1H. The molecule has 4 nitrogen and oxygen atoms in total. The molecule has 0 saturated heterocycles. The molecule has 0 radical (unpaired) electrons. The van der Waals surface area contributed by atoms with Gasteiger partial charge >= 0.3 is 0 Å². The fraction of sp³-hybridized carbons (Fsp3) is 0.769. The number of rotatable bonds is 2. The molecule has 0 atom stereocenters. The van der Waals surface area contributed by atoms with E-state index in [1.54, 1.807) is 0 Å². The van der Waals surface area contributed by atoms with Gasteiger partial charge in [0, 0.05) is 35.9 Å². The van der Waals surface area contributed by atoms with Crippen molar-refractivity contribution >= 4 is 34.0 Å². The smallest absolute Gasteiger partial charge is 0.0951 e. The first-order valence-corrected chi connectivity index (χ1v) is 12.6. The van der Waals surface area contributed by atoms with Gasteiger partial charge < -0.3 is 9.13 Å². The van der Waals surface area contributed by atoms with Crippen LogP contribution < -0.4 is 0 Å². The fourth-order valence-corrected chi connectivity index (χ4v) is 9.84. The third kappa shape index (κ3) is 3.76. The highest BCUT2D eigenvalue weighted by Gasteiger charge is 2.52. The number of imidazole rings is 2. The summed E-state index contributed by atoms with van der Waals surface area (Å²) in [7, 11) is 0. The summed E-state index contributed by atoms with van der Waals surface area (Å²) in [6, 6.07) is 0. The van der Waals surface area contributed by atoms with Crippen LogP contribution in [0, 0.1) is 35.5 Å². The van der Waals surface area contributed by atoms with Crippen LogP contribution in [0.5, 0.6) is 0 Å². The van der Waals surface area contributed by atoms with Crippen molar-refractivity contribution in [3.05, 3.63) is 37.4 Å². The molecule has 0 aromatic carbocycles. The largest absolute Gasteiger partial charge is 0.331 e. The average molecular weight is 566 g/mol. The summed E-state index contributed by atoms with van der Waals surface area (Å²) >= 11 is 0. The van der Waals surface area contributed by atoms with Crippen LogP contribution in [-0.4, -0.2) is 19.1 Å². The zero-order valence-electron chi connectivity index (χ0n) is 19.0. The Morgan fingerprint density at radius 2 is 0.781 bits per heavy atom. The lowest BCUT2D eigenvalue weighted by molar-refractivity contribution is -0.0432. The first kappa shape index (κ1) is 23.1. The summed E-state index contributed by atoms with van der Waals surface area (Å²) in [6.45, 7) is 0. The van der Waals surface area contributed by atoms with E-state index in [4.69, 9.17) is 0 Å². The molecule has 8 bridgehead atoms. The van der Waals surface area contributed by atoms with E-state index in [1.165, 1.54) is 77.0 Å². The number of aromatic nitrogens is 4. The van der Waals surface area contributed by atoms with Crippen LogP contribution >= 0.6 is 34.0 Å². The molecule has 32 heavy (non-hydrogen) atoms. The zero-order valence-corrected chi connectivity index (χ0v) is 22.4. The molecule has 176 valence electrons. The predicted octanol–water partition coefficient (Wildman–Crippen LogP) is 6.77. The van der Waals surface area contributed by atoms with Crippen molar-refractivity contribution in [1.82, 2.24) is 19.1 Å². The van der Waals surface area contributed by atoms with Gasteiger partial charge in [0.2, 0.25) is 0 Å². The van der Waals surface area contributed by atoms with Gasteiger partial charge in [0.25, 0.3) is 0 Å². The normalized spacial score (nSPS) is 44.4. The molecule has 0 spiro atoms. The molecule has 8 aliphatic carbocycles. The Morgan fingerprint density at radius 1 is 0.500 bits per heavy atom. The maximum absolute atomic E-state index is 4.24. The van der Waals surface area contributed by atoms with Crippen LogP contribution in [0.15, 0.2) is 37.4 Å². The first-order chi connectivity index (χ1) is 14.7. The van der Waals surface area contributed by atoms with Crippen LogP contribution in [0.25, 0.3) is 0 Å². The summed E-state index contributed by atoms with van der Waals surface area (Å²) in [6.07, 6.45) is 30.0. The van der Waals surface area contributed by atoms with E-state index >= 15 is 0 Å². The second-order valence-corrected chi connectivity index (χ2v) is 12.2. The van der Waals surface area contributed by atoms with E-state index in [9.17, 15) is 0 Å². The zero-order chi connectivity index (χ0) is 19.8. The fourth-order valence-electron chi connectivity index (χ4n) is 9.84. The molecule has 6 heteroatoms. The van der Waals surface area contributed by atoms with Crippen LogP contribution in [0.1, 0.15) is 77.0 Å². The molecule has 8 aliphatic rings. The van der Waals surface area contributed by atoms with Crippen LogP contribution in [0.4, 0.5) is 0 Å². The minimum absolute atomic E-state index is 0. The highest BCUT2D eigenvalue weighted by atomic mass is 79.9. The first-order valence-electron chi connectivity index (χ1n) is 12.6. The van der Waals surface area contributed by atoms with E-state index in [1.807, 2.05) is 25.0 Å². The number of hydrogen-bond acceptors (Lipinski definition) is 2. The summed E-state index contributed by atoms with van der Waals surface area (Å²) < 4.78 is 4.86. The van der Waals surface area contributed by atoms with E-state index in [-0.39, 0.29) is 34.0 Å². The molecule has 2 aromatic rings. The average Bonchev–Trinajstić information content (AvgIpc) is 3.42. The number of halogens is 2. The third-order valence-electron chi connectivity index (χ3n) is 10.1. The Balaban J connectivity index is 0.000000127. The van der Waals surface area contributed by atoms with Crippen LogP contribution in [0.3, 0.4) is 0 Å². The molecule has 0 amide bonds. The van der Waals surface area contributed by atoms with Crippen molar-refractivity contribution in [2.75, 3.05) is 0 Å². The van der Waals surface area contributed by atoms with Crippen molar-refractivity contribution < 1.29 is 0 Å². The van der Waals surface area contributed by atoms with Gasteiger partial charge in [0.15, 0.2) is 0 Å². The molecule has 8 fully saturated rings. The Bertz CT molecular complexity index is 746. The van der Waals surface area contributed by atoms with E-state index < -0.39 is 0 Å². The lowest BCUT2D eigenvalue weighted by atomic mass is 9.53. The molecule has 10 rings (SSSR count). The summed E-state index contributed by atoms with van der Waals surface area (Å²) in [5, 5.41) is 0. The van der Waals surface area contributed by atoms with Gasteiger partial charge in [-0.1, -0.05) is 0 Å². The number of hydrogen-bond donors (Lipinski definition) is 0. The van der Waals surface area contributed by atoms with Gasteiger partial charge in [0.05, 0.1) is 12.7 Å². The molecule has 0 unspecified atom stereocenters. The van der Waals surface area contributed by atoms with Gasteiger partial charge in [-0.25, -0.2) is 9.97 Å². The molecule has 0 N–H and O–H groups in total. The Morgan fingerprint density at radius 3 is 1.00 bits per heavy atom. The molecule has 8 saturated carbocycles. The summed E-state index contributed by atoms with van der Waals surface area (Å²) in [5.74, 6) is 6.16. The highest BCUT2D eigenvalue weighted by molar-refractivity contribution is 8.93. The van der Waals surface area contributed by atoms with E-state index in [0.717, 1.165) is 35.5 Å². The van der Waals surface area contributed by atoms with Crippen LogP contribution in [-0.2, 0) is 11.1 Å². The number of nitrogens with zero attached hydrogens (tertiary/aromatic N) is 4. The van der Waals surface area contributed by atoms with Gasteiger partial charge in [-0.05, 0) is 113 Å². The Labute approximate surface area is 213 Å². The van der Waals surface area contributed by atoms with Gasteiger partial charge in [-0.15, -0.1) is 34.0 Å². The van der Waals surface area contributed by atoms with Crippen molar-refractivity contribution in [3.8, 4) is 0 Å². The topological polar surface area (TPSA) is 35.6 Å². The van der Waals surface area contributed by atoms with Gasteiger partial charge in [0.1, 0.15) is 0 Å². The SMILES string of the molecule is Br.Br.c1cn(C23CC4CC(CC(C4)C2)C3)cn1.c1cn(C23CC4CC(CC(C4)C2)C3)cn1. The van der Waals surface area contributed by atoms with Crippen molar-refractivity contribution in [2.24, 2.45) is 35.5 Å². The Hall–Kier alpha value is -0.620. The monoisotopic (exact) mass is 564 g/mol. The second kappa shape index (κ2) is 8.55.